The summed E-state index contributed by atoms with van der Waals surface area (Å²) in [5.74, 6) is -0.449. The molecule has 1 aliphatic heterocycles. The summed E-state index contributed by atoms with van der Waals surface area (Å²) in [6.45, 7) is 0.374. The van der Waals surface area contributed by atoms with Gasteiger partial charge in [-0.05, 0) is 0 Å². The molecule has 0 spiro atoms. The van der Waals surface area contributed by atoms with Crippen LogP contribution in [-0.2, 0) is 19.1 Å². The lowest BCUT2D eigenvalue weighted by molar-refractivity contribution is -0.173. The normalized spacial score (nSPS) is 28.5. The molecule has 5 nitrogen and oxygen atoms in total. The van der Waals surface area contributed by atoms with Crippen LogP contribution in [0.5, 0.6) is 0 Å². The van der Waals surface area contributed by atoms with Crippen molar-refractivity contribution in [3.05, 3.63) is 0 Å². The van der Waals surface area contributed by atoms with Gasteiger partial charge in [-0.2, -0.15) is 0 Å². The van der Waals surface area contributed by atoms with Gasteiger partial charge in [0.15, 0.2) is 6.10 Å². The molecule has 1 heterocycles. The van der Waals surface area contributed by atoms with Gasteiger partial charge in [0.2, 0.25) is 6.41 Å². The lowest BCUT2D eigenvalue weighted by atomic mass is 10.1. The molecule has 11 heavy (non-hydrogen) atoms. The van der Waals surface area contributed by atoms with E-state index in [0.717, 1.165) is 0 Å². The fraction of sp³-hybridized carbons (Fsp3) is 0.667. The van der Waals surface area contributed by atoms with Crippen molar-refractivity contribution in [2.75, 3.05) is 13.7 Å². The number of ether oxygens (including phenoxy) is 2. The van der Waals surface area contributed by atoms with E-state index in [1.54, 1.807) is 0 Å². The van der Waals surface area contributed by atoms with E-state index in [0.29, 0.717) is 13.0 Å². The summed E-state index contributed by atoms with van der Waals surface area (Å²) in [5.41, 5.74) is 0. The van der Waals surface area contributed by atoms with E-state index in [4.69, 9.17) is 4.74 Å². The average Bonchev–Trinajstić information content (AvgIpc) is 1.98. The van der Waals surface area contributed by atoms with Crippen LogP contribution in [-0.4, -0.2) is 38.2 Å². The number of methoxy groups -OCH3 is 1. The summed E-state index contributed by atoms with van der Waals surface area (Å²) >= 11 is 0. The predicted octanol–water partition coefficient (Wildman–Crippen LogP) is -1.33. The van der Waals surface area contributed by atoms with Crippen LogP contribution >= 0.6 is 0 Å². The SMILES string of the molecule is COC(=O)[C@H]1OC[C@@H]1NC=O. The fourth-order valence-corrected chi connectivity index (χ4v) is 0.860. The Morgan fingerprint density at radius 2 is 2.55 bits per heavy atom. The number of esters is 1. The molecule has 2 atom stereocenters. The van der Waals surface area contributed by atoms with Crippen LogP contribution in [0.4, 0.5) is 0 Å². The molecule has 62 valence electrons. The molecule has 0 aromatic heterocycles. The minimum Gasteiger partial charge on any atom is -0.467 e. The summed E-state index contributed by atoms with van der Waals surface area (Å²) in [6.07, 6.45) is -0.0754. The van der Waals surface area contributed by atoms with Crippen molar-refractivity contribution in [3.63, 3.8) is 0 Å². The summed E-state index contributed by atoms with van der Waals surface area (Å²) in [6, 6.07) is -0.222. The van der Waals surface area contributed by atoms with Gasteiger partial charge >= 0.3 is 5.97 Å². The maximum absolute atomic E-state index is 10.8. The number of carbonyl (C=O) groups excluding carboxylic acids is 2. The van der Waals surface area contributed by atoms with E-state index >= 15 is 0 Å². The average molecular weight is 159 g/mol. The number of hydrogen-bond donors (Lipinski definition) is 1. The Hall–Kier alpha value is -1.10. The third-order valence-corrected chi connectivity index (χ3v) is 1.54. The van der Waals surface area contributed by atoms with Gasteiger partial charge in [0.1, 0.15) is 0 Å². The summed E-state index contributed by atoms with van der Waals surface area (Å²) in [7, 11) is 1.28. The van der Waals surface area contributed by atoms with Gasteiger partial charge in [0, 0.05) is 0 Å². The Balaban J connectivity index is 2.36. The molecule has 1 N–H and O–H groups in total. The molecule has 0 aliphatic carbocycles. The lowest BCUT2D eigenvalue weighted by Crippen LogP contribution is -2.57. The topological polar surface area (TPSA) is 64.6 Å². The Morgan fingerprint density at radius 1 is 1.82 bits per heavy atom. The minimum absolute atomic E-state index is 0.222. The van der Waals surface area contributed by atoms with Gasteiger partial charge < -0.3 is 14.8 Å². The first kappa shape index (κ1) is 8.00. The zero-order valence-corrected chi connectivity index (χ0v) is 6.07. The molecule has 5 heteroatoms. The van der Waals surface area contributed by atoms with Crippen LogP contribution in [0.15, 0.2) is 0 Å². The van der Waals surface area contributed by atoms with E-state index < -0.39 is 12.1 Å². The van der Waals surface area contributed by atoms with Crippen molar-refractivity contribution in [3.8, 4) is 0 Å². The quantitative estimate of drug-likeness (QED) is 0.409. The zero-order chi connectivity index (χ0) is 8.27. The molecule has 1 rings (SSSR count). The highest BCUT2D eigenvalue weighted by Crippen LogP contribution is 2.12. The van der Waals surface area contributed by atoms with Gasteiger partial charge in [-0.25, -0.2) is 4.79 Å². The van der Waals surface area contributed by atoms with Crippen LogP contribution in [0.1, 0.15) is 0 Å². The van der Waals surface area contributed by atoms with Crippen molar-refractivity contribution >= 4 is 12.4 Å². The van der Waals surface area contributed by atoms with Crippen LogP contribution < -0.4 is 5.32 Å². The Labute approximate surface area is 63.7 Å². The van der Waals surface area contributed by atoms with Gasteiger partial charge in [0.05, 0.1) is 19.8 Å². The summed E-state index contributed by atoms with van der Waals surface area (Å²) < 4.78 is 9.26. The first-order chi connectivity index (χ1) is 5.29. The predicted molar refractivity (Wildman–Crippen MR) is 34.7 cm³/mol. The molecule has 0 aromatic carbocycles. The molecule has 0 radical (unpaired) electrons. The highest BCUT2D eigenvalue weighted by molar-refractivity contribution is 5.77. The molecule has 1 fully saturated rings. The zero-order valence-electron chi connectivity index (χ0n) is 6.07. The first-order valence-corrected chi connectivity index (χ1v) is 3.18. The van der Waals surface area contributed by atoms with Crippen LogP contribution in [0, 0.1) is 0 Å². The molecule has 0 unspecified atom stereocenters. The maximum atomic E-state index is 10.8. The van der Waals surface area contributed by atoms with Crippen molar-refractivity contribution in [2.45, 2.75) is 12.1 Å². The van der Waals surface area contributed by atoms with Crippen molar-refractivity contribution in [1.29, 1.82) is 0 Å². The highest BCUT2D eigenvalue weighted by atomic mass is 16.6. The van der Waals surface area contributed by atoms with Crippen molar-refractivity contribution in [2.24, 2.45) is 0 Å². The van der Waals surface area contributed by atoms with E-state index in [9.17, 15) is 9.59 Å². The largest absolute Gasteiger partial charge is 0.467 e. The summed E-state index contributed by atoms with van der Waals surface area (Å²) in [4.78, 5) is 20.7. The number of carbonyl (C=O) groups is 2. The van der Waals surface area contributed by atoms with E-state index in [1.165, 1.54) is 7.11 Å². The van der Waals surface area contributed by atoms with E-state index in [-0.39, 0.29) is 6.04 Å². The highest BCUT2D eigenvalue weighted by Gasteiger charge is 2.38. The number of rotatable bonds is 3. The number of nitrogens with one attached hydrogen (secondary N) is 1. The van der Waals surface area contributed by atoms with Crippen LogP contribution in [0.2, 0.25) is 0 Å². The Morgan fingerprint density at radius 3 is 2.91 bits per heavy atom. The summed E-state index contributed by atoms with van der Waals surface area (Å²) in [5, 5.41) is 2.44. The fourth-order valence-electron chi connectivity index (χ4n) is 0.860. The second-order valence-corrected chi connectivity index (χ2v) is 2.17. The van der Waals surface area contributed by atoms with Crippen LogP contribution in [0.25, 0.3) is 0 Å². The monoisotopic (exact) mass is 159 g/mol. The molecular weight excluding hydrogens is 150 g/mol. The maximum Gasteiger partial charge on any atom is 0.337 e. The number of amides is 1. The van der Waals surface area contributed by atoms with Gasteiger partial charge in [-0.1, -0.05) is 0 Å². The van der Waals surface area contributed by atoms with E-state index in [1.807, 2.05) is 0 Å². The standard InChI is InChI=1S/C6H9NO4/c1-10-6(9)5-4(2-11-5)7-3-8/h3-5H,2H2,1H3,(H,7,8)/t4-,5-/m0/s1. The van der Waals surface area contributed by atoms with Gasteiger partial charge in [0.25, 0.3) is 0 Å². The Kier molecular flexibility index (Phi) is 2.43. The first-order valence-electron chi connectivity index (χ1n) is 3.18. The van der Waals surface area contributed by atoms with Crippen molar-refractivity contribution in [1.82, 2.24) is 5.32 Å². The second kappa shape index (κ2) is 3.34. The number of hydrogen-bond acceptors (Lipinski definition) is 4. The minimum atomic E-state index is -0.620. The molecule has 0 saturated carbocycles. The van der Waals surface area contributed by atoms with Gasteiger partial charge in [-0.3, -0.25) is 4.79 Å². The second-order valence-electron chi connectivity index (χ2n) is 2.17. The molecule has 0 aromatic rings. The molecular formula is C6H9NO4. The molecule has 1 aliphatic rings. The molecule has 1 amide bonds. The molecule has 1 saturated heterocycles. The molecule has 0 bridgehead atoms. The Bertz CT molecular complexity index is 170. The van der Waals surface area contributed by atoms with Crippen LogP contribution in [0.3, 0.4) is 0 Å². The third-order valence-electron chi connectivity index (χ3n) is 1.54. The third kappa shape index (κ3) is 1.48. The van der Waals surface area contributed by atoms with Gasteiger partial charge in [-0.15, -0.1) is 0 Å². The van der Waals surface area contributed by atoms with E-state index in [2.05, 4.69) is 10.1 Å². The lowest BCUT2D eigenvalue weighted by Gasteiger charge is -2.33. The van der Waals surface area contributed by atoms with Crippen molar-refractivity contribution < 1.29 is 19.1 Å². The smallest absolute Gasteiger partial charge is 0.337 e.